The Balaban J connectivity index is 1.33. The Kier molecular flexibility index (Phi) is 6.81. The van der Waals surface area contributed by atoms with E-state index in [4.69, 9.17) is 30.5 Å². The molecule has 1 spiro atoms. The molecule has 0 unspecified atom stereocenters. The van der Waals surface area contributed by atoms with Crippen LogP contribution in [0.4, 0.5) is 10.2 Å². The van der Waals surface area contributed by atoms with Crippen molar-refractivity contribution in [3.8, 4) is 0 Å². The summed E-state index contributed by atoms with van der Waals surface area (Å²) in [7, 11) is 0. The van der Waals surface area contributed by atoms with Crippen LogP contribution in [0.15, 0.2) is 24.5 Å². The molecule has 1 aromatic carbocycles. The molecule has 2 aliphatic heterocycles. The summed E-state index contributed by atoms with van der Waals surface area (Å²) in [6.45, 7) is 4.64. The van der Waals surface area contributed by atoms with E-state index in [1.54, 1.807) is 6.07 Å². The summed E-state index contributed by atoms with van der Waals surface area (Å²) in [5, 5.41) is -0.0388. The van der Waals surface area contributed by atoms with E-state index in [2.05, 4.69) is 15.0 Å². The fourth-order valence-electron chi connectivity index (χ4n) is 6.17. The van der Waals surface area contributed by atoms with Crippen molar-refractivity contribution in [2.24, 2.45) is 0 Å². The molecule has 4 atom stereocenters. The number of esters is 3. The number of hydrogen-bond donors (Lipinski definition) is 0. The van der Waals surface area contributed by atoms with Gasteiger partial charge in [-0.05, 0) is 41.6 Å². The number of rotatable bonds is 6. The third kappa shape index (κ3) is 4.76. The van der Waals surface area contributed by atoms with Crippen LogP contribution in [0.3, 0.4) is 0 Å². The van der Waals surface area contributed by atoms with Crippen LogP contribution >= 0.6 is 11.6 Å². The quantitative estimate of drug-likeness (QED) is 0.239. The first-order chi connectivity index (χ1) is 19.6. The number of anilines is 1. The minimum Gasteiger partial charge on any atom is -0.463 e. The molecule has 12 nitrogen and oxygen atoms in total. The maximum Gasteiger partial charge on any atom is 0.303 e. The Morgan fingerprint density at radius 2 is 1.83 bits per heavy atom. The number of fused-ring (bicyclic) bond motifs is 3. The number of aromatic nitrogens is 4. The van der Waals surface area contributed by atoms with Crippen LogP contribution in [0.25, 0.3) is 11.2 Å². The fourth-order valence-corrected chi connectivity index (χ4v) is 6.33. The summed E-state index contributed by atoms with van der Waals surface area (Å²) in [6.07, 6.45) is -1.20. The number of benzene rings is 1. The van der Waals surface area contributed by atoms with Crippen molar-refractivity contribution in [3.63, 3.8) is 0 Å². The monoisotopic (exact) mass is 587 g/mol. The number of carbonyl (C=O) groups is 3. The lowest BCUT2D eigenvalue weighted by atomic mass is 9.75. The zero-order chi connectivity index (χ0) is 29.1. The lowest BCUT2D eigenvalue weighted by molar-refractivity contribution is -0.166. The standard InChI is InChI=1S/C27H27ClFN5O7/c1-13(35)38-9-19-21(39-14(2)36)22(40-15(3)37)25(41-19)34-12-30-20-23(31-26(28)32-24(20)34)33-10-27(11-33)8-7-16-17(27)5-4-6-18(16)29/h4-6,12,19,21-22,25H,7-11H2,1-3H3/t19-,21-,22-,25-/m1/s1. The highest BCUT2D eigenvalue weighted by molar-refractivity contribution is 6.28. The summed E-state index contributed by atoms with van der Waals surface area (Å²) < 4.78 is 38.2. The predicted octanol–water partition coefficient (Wildman–Crippen LogP) is 2.65. The molecule has 0 bridgehead atoms. The molecule has 1 aliphatic carbocycles. The van der Waals surface area contributed by atoms with Gasteiger partial charge in [0, 0.05) is 39.3 Å². The van der Waals surface area contributed by atoms with Crippen LogP contribution in [-0.4, -0.2) is 75.4 Å². The number of halogens is 2. The molecule has 6 rings (SSSR count). The van der Waals surface area contributed by atoms with Crippen LogP contribution in [-0.2, 0) is 45.2 Å². The molecule has 0 radical (unpaired) electrons. The lowest BCUT2D eigenvalue weighted by Crippen LogP contribution is -2.58. The van der Waals surface area contributed by atoms with Crippen molar-refractivity contribution in [1.82, 2.24) is 19.5 Å². The normalized spacial score (nSPS) is 24.3. The van der Waals surface area contributed by atoms with E-state index in [0.717, 1.165) is 17.5 Å². The van der Waals surface area contributed by atoms with Gasteiger partial charge in [0.05, 0.1) is 6.33 Å². The molecule has 0 saturated carbocycles. The summed E-state index contributed by atoms with van der Waals surface area (Å²) in [4.78, 5) is 50.9. The number of imidazole rings is 1. The molecule has 14 heteroatoms. The summed E-state index contributed by atoms with van der Waals surface area (Å²) >= 11 is 6.38. The minimum absolute atomic E-state index is 0.0388. The van der Waals surface area contributed by atoms with Crippen molar-refractivity contribution in [1.29, 1.82) is 0 Å². The van der Waals surface area contributed by atoms with E-state index >= 15 is 0 Å². The molecule has 3 aliphatic rings. The van der Waals surface area contributed by atoms with Crippen molar-refractivity contribution in [3.05, 3.63) is 46.8 Å². The van der Waals surface area contributed by atoms with Crippen molar-refractivity contribution < 1.29 is 37.7 Å². The Morgan fingerprint density at radius 1 is 1.10 bits per heavy atom. The van der Waals surface area contributed by atoms with Gasteiger partial charge in [0.2, 0.25) is 5.28 Å². The first-order valence-corrected chi connectivity index (χ1v) is 13.5. The van der Waals surface area contributed by atoms with E-state index in [9.17, 15) is 18.8 Å². The molecule has 2 saturated heterocycles. The lowest BCUT2D eigenvalue weighted by Gasteiger charge is -2.49. The van der Waals surface area contributed by atoms with Gasteiger partial charge in [-0.15, -0.1) is 0 Å². The van der Waals surface area contributed by atoms with Gasteiger partial charge in [-0.2, -0.15) is 9.97 Å². The Bertz CT molecular complexity index is 1560. The average molecular weight is 588 g/mol. The number of ether oxygens (including phenoxy) is 4. The first kappa shape index (κ1) is 27.3. The second-order valence-electron chi connectivity index (χ2n) is 10.6. The highest BCUT2D eigenvalue weighted by Crippen LogP contribution is 2.48. The van der Waals surface area contributed by atoms with Gasteiger partial charge in [-0.1, -0.05) is 12.1 Å². The van der Waals surface area contributed by atoms with Gasteiger partial charge < -0.3 is 23.8 Å². The van der Waals surface area contributed by atoms with Gasteiger partial charge in [0.25, 0.3) is 0 Å². The molecular formula is C27H27ClFN5O7. The van der Waals surface area contributed by atoms with E-state index in [0.29, 0.717) is 36.5 Å². The van der Waals surface area contributed by atoms with E-state index < -0.39 is 42.4 Å². The second-order valence-corrected chi connectivity index (χ2v) is 10.9. The zero-order valence-electron chi connectivity index (χ0n) is 22.5. The topological polar surface area (TPSA) is 135 Å². The van der Waals surface area contributed by atoms with Crippen molar-refractivity contribution >= 4 is 46.5 Å². The summed E-state index contributed by atoms with van der Waals surface area (Å²) in [6, 6.07) is 5.22. The van der Waals surface area contributed by atoms with Crippen LogP contribution < -0.4 is 4.90 Å². The molecule has 3 aromatic rings. The fraction of sp³-hybridized carbons (Fsp3) is 0.481. The molecule has 41 heavy (non-hydrogen) atoms. The Hall–Kier alpha value is -3.84. The molecule has 4 heterocycles. The maximum atomic E-state index is 14.4. The van der Waals surface area contributed by atoms with E-state index in [1.807, 2.05) is 11.0 Å². The second kappa shape index (κ2) is 10.2. The van der Waals surface area contributed by atoms with Gasteiger partial charge in [-0.3, -0.25) is 19.0 Å². The zero-order valence-corrected chi connectivity index (χ0v) is 23.3. The first-order valence-electron chi connectivity index (χ1n) is 13.1. The SMILES string of the molecule is CC(=O)OC[C@H]1O[C@@H](n2cnc3c(N4CC5(CCc6c(F)cccc65)C4)nc(Cl)nc32)[C@H](OC(C)=O)[C@@H]1OC(C)=O. The van der Waals surface area contributed by atoms with Crippen molar-refractivity contribution in [2.45, 2.75) is 63.6 Å². The molecule has 2 aromatic heterocycles. The van der Waals surface area contributed by atoms with Gasteiger partial charge >= 0.3 is 17.9 Å². The summed E-state index contributed by atoms with van der Waals surface area (Å²) in [5.41, 5.74) is 2.34. The highest BCUT2D eigenvalue weighted by Gasteiger charge is 2.52. The van der Waals surface area contributed by atoms with E-state index in [1.165, 1.54) is 37.7 Å². The van der Waals surface area contributed by atoms with Crippen LogP contribution in [0, 0.1) is 5.82 Å². The largest absolute Gasteiger partial charge is 0.463 e. The van der Waals surface area contributed by atoms with E-state index in [-0.39, 0.29) is 23.1 Å². The van der Waals surface area contributed by atoms with Gasteiger partial charge in [0.1, 0.15) is 18.5 Å². The molecule has 2 fully saturated rings. The predicted molar refractivity (Wildman–Crippen MR) is 141 cm³/mol. The molecule has 0 N–H and O–H groups in total. The van der Waals surface area contributed by atoms with Crippen LogP contribution in [0.1, 0.15) is 44.5 Å². The third-order valence-electron chi connectivity index (χ3n) is 7.82. The Morgan fingerprint density at radius 3 is 2.54 bits per heavy atom. The smallest absolute Gasteiger partial charge is 0.303 e. The maximum absolute atomic E-state index is 14.4. The Labute approximate surface area is 238 Å². The van der Waals surface area contributed by atoms with Crippen LogP contribution in [0.2, 0.25) is 5.28 Å². The number of carbonyl (C=O) groups excluding carboxylic acids is 3. The van der Waals surface area contributed by atoms with Crippen molar-refractivity contribution in [2.75, 3.05) is 24.6 Å². The molecule has 216 valence electrons. The average Bonchev–Trinajstić information content (AvgIpc) is 3.56. The number of nitrogens with zero attached hydrogens (tertiary/aromatic N) is 5. The van der Waals surface area contributed by atoms with Gasteiger partial charge in [-0.25, -0.2) is 9.37 Å². The summed E-state index contributed by atoms with van der Waals surface area (Å²) in [5.74, 6) is -1.50. The minimum atomic E-state index is -1.11. The molecule has 0 amide bonds. The number of hydrogen-bond acceptors (Lipinski definition) is 11. The van der Waals surface area contributed by atoms with Crippen LogP contribution in [0.5, 0.6) is 0 Å². The third-order valence-corrected chi connectivity index (χ3v) is 7.99. The van der Waals surface area contributed by atoms with Gasteiger partial charge in [0.15, 0.2) is 35.4 Å². The molecular weight excluding hydrogens is 561 g/mol. The highest BCUT2D eigenvalue weighted by atomic mass is 35.5.